The largest absolute Gasteiger partial charge is 0.481 e. The number of ether oxygens (including phenoxy) is 2. The number of esters is 2. The summed E-state index contributed by atoms with van der Waals surface area (Å²) < 4.78 is 10.6. The molecule has 0 radical (unpaired) electrons. The third kappa shape index (κ3) is 5.28. The number of benzene rings is 2. The Hall–Kier alpha value is -3.94. The molecule has 174 valence electrons. The highest BCUT2D eigenvalue weighted by Crippen LogP contribution is 2.44. The van der Waals surface area contributed by atoms with Crippen LogP contribution < -0.4 is 9.47 Å². The van der Waals surface area contributed by atoms with E-state index >= 15 is 0 Å². The average molecular weight is 454 g/mol. The van der Waals surface area contributed by atoms with Crippen LogP contribution in [0, 0.1) is 31.1 Å². The molecule has 2 N–H and O–H groups in total. The van der Waals surface area contributed by atoms with Crippen LogP contribution in [0.15, 0.2) is 60.7 Å². The molecule has 0 spiro atoms. The monoisotopic (exact) mass is 454 g/mol. The van der Waals surface area contributed by atoms with Crippen LogP contribution in [0.1, 0.15) is 25.0 Å². The summed E-state index contributed by atoms with van der Waals surface area (Å²) in [6.45, 7) is 9.34. The lowest BCUT2D eigenvalue weighted by Crippen LogP contribution is -2.53. The Kier molecular flexibility index (Phi) is 7.76. The van der Waals surface area contributed by atoms with Crippen LogP contribution in [0.2, 0.25) is 0 Å². The van der Waals surface area contributed by atoms with Crippen molar-refractivity contribution in [2.75, 3.05) is 0 Å². The van der Waals surface area contributed by atoms with E-state index in [9.17, 15) is 29.4 Å². The zero-order chi connectivity index (χ0) is 24.9. The number of hydrogen-bond acceptors (Lipinski definition) is 6. The lowest BCUT2D eigenvalue weighted by molar-refractivity contribution is -0.168. The summed E-state index contributed by atoms with van der Waals surface area (Å²) in [6.07, 6.45) is 0. The summed E-state index contributed by atoms with van der Waals surface area (Å²) in [5, 5.41) is 19.8. The molecular weight excluding hydrogens is 428 g/mol. The number of aliphatic carboxylic acids is 2. The van der Waals surface area contributed by atoms with Crippen LogP contribution >= 0.6 is 0 Å². The Morgan fingerprint density at radius 1 is 0.818 bits per heavy atom. The molecule has 0 saturated heterocycles. The van der Waals surface area contributed by atoms with Crippen LogP contribution in [0.25, 0.3) is 0 Å². The minimum atomic E-state index is -2.53. The predicted molar refractivity (Wildman–Crippen MR) is 119 cm³/mol. The van der Waals surface area contributed by atoms with Gasteiger partial charge in [-0.15, -0.1) is 0 Å². The third-order valence-electron chi connectivity index (χ3n) is 5.60. The van der Waals surface area contributed by atoms with E-state index in [1.54, 1.807) is 50.2 Å². The third-order valence-corrected chi connectivity index (χ3v) is 5.60. The lowest BCUT2D eigenvalue weighted by Gasteiger charge is -2.37. The van der Waals surface area contributed by atoms with Crippen LogP contribution in [-0.2, 0) is 19.2 Å². The number of carbonyl (C=O) groups is 4. The second-order valence-electron chi connectivity index (χ2n) is 7.88. The highest BCUT2D eigenvalue weighted by Gasteiger charge is 2.59. The van der Waals surface area contributed by atoms with Gasteiger partial charge in [0.05, 0.1) is 11.8 Å². The van der Waals surface area contributed by atoms with Gasteiger partial charge in [-0.3, -0.25) is 14.4 Å². The van der Waals surface area contributed by atoms with Crippen molar-refractivity contribution < 1.29 is 38.9 Å². The highest BCUT2D eigenvalue weighted by atomic mass is 16.5. The summed E-state index contributed by atoms with van der Waals surface area (Å²) in [7, 11) is 0. The molecular formula is C25H26O8. The van der Waals surface area contributed by atoms with Gasteiger partial charge in [0.1, 0.15) is 16.9 Å². The molecule has 2 aromatic rings. The number of carboxylic acid groups (broad SMARTS) is 2. The maximum absolute atomic E-state index is 13.0. The molecule has 0 saturated carbocycles. The minimum Gasteiger partial charge on any atom is -0.481 e. The van der Waals surface area contributed by atoms with Crippen molar-refractivity contribution >= 4 is 23.9 Å². The van der Waals surface area contributed by atoms with Crippen LogP contribution in [0.4, 0.5) is 0 Å². The van der Waals surface area contributed by atoms with E-state index in [0.29, 0.717) is 0 Å². The summed E-state index contributed by atoms with van der Waals surface area (Å²) in [5.41, 5.74) is -1.78. The summed E-state index contributed by atoms with van der Waals surface area (Å²) in [4.78, 5) is 50.3. The van der Waals surface area contributed by atoms with Gasteiger partial charge in [0, 0.05) is 5.57 Å². The second-order valence-corrected chi connectivity index (χ2v) is 7.88. The molecule has 2 aromatic carbocycles. The molecule has 0 fully saturated rings. The quantitative estimate of drug-likeness (QED) is 0.333. The maximum Gasteiger partial charge on any atom is 0.332 e. The zero-order valence-corrected chi connectivity index (χ0v) is 18.8. The van der Waals surface area contributed by atoms with Gasteiger partial charge in [-0.2, -0.15) is 0 Å². The van der Waals surface area contributed by atoms with Gasteiger partial charge in [0.15, 0.2) is 0 Å². The molecule has 8 nitrogen and oxygen atoms in total. The van der Waals surface area contributed by atoms with Crippen LogP contribution in [0.3, 0.4) is 0 Å². The molecule has 0 bridgehead atoms. The van der Waals surface area contributed by atoms with E-state index < -0.39 is 46.7 Å². The number of carboxylic acids is 2. The van der Waals surface area contributed by atoms with E-state index in [0.717, 1.165) is 11.1 Å². The topological polar surface area (TPSA) is 127 Å². The molecule has 2 unspecified atom stereocenters. The van der Waals surface area contributed by atoms with Crippen LogP contribution in [0.5, 0.6) is 11.5 Å². The molecule has 2 atom stereocenters. The summed E-state index contributed by atoms with van der Waals surface area (Å²) >= 11 is 0. The van der Waals surface area contributed by atoms with Crippen molar-refractivity contribution in [3.8, 4) is 11.5 Å². The van der Waals surface area contributed by atoms with Gasteiger partial charge in [0.2, 0.25) is 0 Å². The maximum atomic E-state index is 13.0. The van der Waals surface area contributed by atoms with E-state index in [1.807, 2.05) is 0 Å². The fourth-order valence-electron chi connectivity index (χ4n) is 3.71. The van der Waals surface area contributed by atoms with Gasteiger partial charge < -0.3 is 19.7 Å². The first kappa shape index (κ1) is 25.3. The normalized spacial score (nSPS) is 14.3. The Morgan fingerprint density at radius 2 is 1.21 bits per heavy atom. The molecule has 0 amide bonds. The highest BCUT2D eigenvalue weighted by molar-refractivity contribution is 6.02. The molecule has 0 aliphatic rings. The van der Waals surface area contributed by atoms with Crippen molar-refractivity contribution in [3.05, 3.63) is 71.8 Å². The van der Waals surface area contributed by atoms with Gasteiger partial charge in [-0.1, -0.05) is 44.7 Å². The molecule has 0 heterocycles. The number of carbonyl (C=O) groups excluding carboxylic acids is 2. The predicted octanol–water partition coefficient (Wildman–Crippen LogP) is 3.80. The zero-order valence-electron chi connectivity index (χ0n) is 18.8. The molecule has 33 heavy (non-hydrogen) atoms. The Bertz CT molecular complexity index is 1040. The van der Waals surface area contributed by atoms with Crippen LogP contribution in [-0.4, -0.2) is 34.1 Å². The van der Waals surface area contributed by atoms with Crippen molar-refractivity contribution in [1.29, 1.82) is 0 Å². The fourth-order valence-corrected chi connectivity index (χ4v) is 3.71. The fraction of sp³-hybridized carbons (Fsp3) is 0.280. The summed E-state index contributed by atoms with van der Waals surface area (Å²) in [6, 6.07) is 13.0. The Labute approximate surface area is 191 Å². The van der Waals surface area contributed by atoms with Crippen molar-refractivity contribution in [2.45, 2.75) is 27.7 Å². The molecule has 0 aliphatic carbocycles. The van der Waals surface area contributed by atoms with Gasteiger partial charge >= 0.3 is 23.9 Å². The first-order chi connectivity index (χ1) is 15.4. The number of rotatable bonds is 9. The smallest absolute Gasteiger partial charge is 0.332 e. The molecule has 0 aliphatic heterocycles. The van der Waals surface area contributed by atoms with Crippen molar-refractivity contribution in [1.82, 2.24) is 0 Å². The van der Waals surface area contributed by atoms with E-state index in [4.69, 9.17) is 9.47 Å². The van der Waals surface area contributed by atoms with Crippen molar-refractivity contribution in [2.24, 2.45) is 17.3 Å². The average Bonchev–Trinajstić information content (AvgIpc) is 2.73. The Morgan fingerprint density at radius 3 is 1.52 bits per heavy atom. The first-order valence-corrected chi connectivity index (χ1v) is 10.1. The van der Waals surface area contributed by atoms with E-state index in [2.05, 4.69) is 6.58 Å². The molecule has 2 rings (SSSR count). The van der Waals surface area contributed by atoms with Gasteiger partial charge in [-0.25, -0.2) is 4.79 Å². The number of aryl methyl sites for hydroxylation is 2. The standard InChI is InChI=1S/C25H26O8/c1-14-8-6-10-19(12-14)32-22(28)17(4)25(24(30)31,16(3)21(26)27)18(5)23(29)33-20-11-7-9-15(2)13-20/h6-13,17-18H,3H2,1-2,4-5H3,(H,26,27)(H,30,31). The van der Waals surface area contributed by atoms with E-state index in [1.165, 1.54) is 26.0 Å². The Balaban J connectivity index is 2.49. The second kappa shape index (κ2) is 10.1. The first-order valence-electron chi connectivity index (χ1n) is 10.1. The lowest BCUT2D eigenvalue weighted by atomic mass is 9.63. The summed E-state index contributed by atoms with van der Waals surface area (Å²) in [5.74, 6) is -8.32. The molecule has 0 aromatic heterocycles. The number of hydrogen-bond donors (Lipinski definition) is 2. The minimum absolute atomic E-state index is 0.155. The SMILES string of the molecule is C=C(C(=O)O)C(C(=O)O)(C(C)C(=O)Oc1cccc(C)c1)C(C)C(=O)Oc1cccc(C)c1. The van der Waals surface area contributed by atoms with Crippen molar-refractivity contribution in [3.63, 3.8) is 0 Å². The van der Waals surface area contributed by atoms with Gasteiger partial charge in [0.25, 0.3) is 0 Å². The van der Waals surface area contributed by atoms with Gasteiger partial charge in [-0.05, 0) is 49.2 Å². The van der Waals surface area contributed by atoms with E-state index in [-0.39, 0.29) is 11.5 Å². The molecule has 8 heteroatoms.